The van der Waals surface area contributed by atoms with Crippen molar-refractivity contribution in [3.05, 3.63) is 70.5 Å². The Morgan fingerprint density at radius 1 is 1.29 bits per heavy atom. The molecular weight excluding hydrogens is 397 g/mol. The smallest absolute Gasteiger partial charge is 0.303 e. The highest BCUT2D eigenvalue weighted by atomic mass is 19.1. The summed E-state index contributed by atoms with van der Waals surface area (Å²) < 4.78 is 19.7. The van der Waals surface area contributed by atoms with Gasteiger partial charge >= 0.3 is 5.97 Å². The number of likely N-dealkylation sites (tertiary alicyclic amines) is 1. The van der Waals surface area contributed by atoms with E-state index in [1.165, 1.54) is 0 Å². The molecule has 1 aliphatic heterocycles. The summed E-state index contributed by atoms with van der Waals surface area (Å²) in [5, 5.41) is 19.4. The average Bonchev–Trinajstić information content (AvgIpc) is 2.74. The number of carboxylic acids is 1. The molecule has 3 rings (SSSR count). The third-order valence-corrected chi connectivity index (χ3v) is 6.06. The van der Waals surface area contributed by atoms with E-state index < -0.39 is 12.1 Å². The Morgan fingerprint density at radius 2 is 2.06 bits per heavy atom. The monoisotopic (exact) mass is 429 g/mol. The molecule has 0 bridgehead atoms. The SMILES string of the molecule is Cc1ccc(C[C@@H]2CCN2C[C@@H](O)CO[C@H](C)c2ccccc2CCC(=O)O)cc1F. The number of carboxylic acid groups (broad SMARTS) is 1. The predicted octanol–water partition coefficient (Wildman–Crippen LogP) is 3.91. The maximum absolute atomic E-state index is 13.8. The molecule has 5 nitrogen and oxygen atoms in total. The molecule has 6 heteroatoms. The first-order valence-corrected chi connectivity index (χ1v) is 10.9. The first-order valence-electron chi connectivity index (χ1n) is 10.9. The number of benzene rings is 2. The quantitative estimate of drug-likeness (QED) is 0.567. The van der Waals surface area contributed by atoms with Crippen molar-refractivity contribution >= 4 is 5.97 Å². The standard InChI is InChI=1S/C25H32FNO4/c1-17-7-8-19(14-24(17)26)13-21-11-12-27(21)15-22(28)16-31-18(2)23-6-4-3-5-20(23)9-10-25(29)30/h3-8,14,18,21-22,28H,9-13,15-16H2,1-2H3,(H,29,30)/t18-,21+,22-/m1/s1. The summed E-state index contributed by atoms with van der Waals surface area (Å²) in [4.78, 5) is 13.1. The van der Waals surface area contributed by atoms with Gasteiger partial charge in [0.2, 0.25) is 0 Å². The van der Waals surface area contributed by atoms with Gasteiger partial charge in [-0.2, -0.15) is 0 Å². The molecule has 1 aliphatic rings. The lowest BCUT2D eigenvalue weighted by Gasteiger charge is -2.42. The van der Waals surface area contributed by atoms with Gasteiger partial charge in [0.05, 0.1) is 18.8 Å². The number of carbonyl (C=O) groups is 1. The lowest BCUT2D eigenvalue weighted by atomic mass is 9.94. The van der Waals surface area contributed by atoms with Crippen LogP contribution in [0.25, 0.3) is 0 Å². The van der Waals surface area contributed by atoms with Crippen molar-refractivity contribution in [3.63, 3.8) is 0 Å². The van der Waals surface area contributed by atoms with Gasteiger partial charge in [-0.15, -0.1) is 0 Å². The zero-order valence-electron chi connectivity index (χ0n) is 18.3. The molecule has 2 aromatic carbocycles. The third kappa shape index (κ3) is 6.60. The van der Waals surface area contributed by atoms with Gasteiger partial charge in [0.15, 0.2) is 0 Å². The van der Waals surface area contributed by atoms with Crippen LogP contribution >= 0.6 is 0 Å². The van der Waals surface area contributed by atoms with Crippen molar-refractivity contribution in [3.8, 4) is 0 Å². The Morgan fingerprint density at radius 3 is 2.74 bits per heavy atom. The summed E-state index contributed by atoms with van der Waals surface area (Å²) in [6.45, 7) is 5.33. The average molecular weight is 430 g/mol. The van der Waals surface area contributed by atoms with E-state index in [2.05, 4.69) is 4.90 Å². The van der Waals surface area contributed by atoms with Crippen LogP contribution in [0.1, 0.15) is 48.1 Å². The van der Waals surface area contributed by atoms with Gasteiger partial charge < -0.3 is 14.9 Å². The second kappa shape index (κ2) is 10.8. The van der Waals surface area contributed by atoms with Crippen LogP contribution in [0.3, 0.4) is 0 Å². The lowest BCUT2D eigenvalue weighted by Crippen LogP contribution is -2.52. The van der Waals surface area contributed by atoms with Crippen LogP contribution in [0, 0.1) is 12.7 Å². The minimum absolute atomic E-state index is 0.0770. The number of nitrogens with zero attached hydrogens (tertiary/aromatic N) is 1. The molecule has 0 spiro atoms. The number of aliphatic hydroxyl groups is 1. The zero-order chi connectivity index (χ0) is 22.4. The molecule has 0 saturated carbocycles. The van der Waals surface area contributed by atoms with E-state index in [9.17, 15) is 14.3 Å². The van der Waals surface area contributed by atoms with Crippen molar-refractivity contribution in [2.24, 2.45) is 0 Å². The normalized spacial score (nSPS) is 18.4. The Balaban J connectivity index is 1.47. The van der Waals surface area contributed by atoms with Gasteiger partial charge in [0.25, 0.3) is 0 Å². The second-order valence-electron chi connectivity index (χ2n) is 8.45. The predicted molar refractivity (Wildman–Crippen MR) is 118 cm³/mol. The highest BCUT2D eigenvalue weighted by molar-refractivity contribution is 5.67. The Hall–Kier alpha value is -2.28. The Labute approximate surface area is 183 Å². The highest BCUT2D eigenvalue weighted by Crippen LogP contribution is 2.25. The van der Waals surface area contributed by atoms with E-state index in [4.69, 9.17) is 9.84 Å². The van der Waals surface area contributed by atoms with Gasteiger partial charge in [-0.3, -0.25) is 9.69 Å². The number of rotatable bonds is 11. The van der Waals surface area contributed by atoms with Crippen molar-refractivity contribution in [2.75, 3.05) is 19.7 Å². The lowest BCUT2D eigenvalue weighted by molar-refractivity contribution is -0.136. The zero-order valence-corrected chi connectivity index (χ0v) is 18.3. The number of β-amino-alcohol motifs (C(OH)–C–C–N with tert-alkyl or cyclic N) is 1. The van der Waals surface area contributed by atoms with Crippen LogP contribution in [0.5, 0.6) is 0 Å². The van der Waals surface area contributed by atoms with Gasteiger partial charge in [0, 0.05) is 25.6 Å². The third-order valence-electron chi connectivity index (χ3n) is 6.06. The van der Waals surface area contributed by atoms with Crippen molar-refractivity contribution in [2.45, 2.75) is 57.8 Å². The minimum atomic E-state index is -0.823. The maximum atomic E-state index is 13.8. The van der Waals surface area contributed by atoms with E-state index >= 15 is 0 Å². The van der Waals surface area contributed by atoms with Crippen molar-refractivity contribution in [1.82, 2.24) is 4.90 Å². The fourth-order valence-electron chi connectivity index (χ4n) is 4.07. The number of aliphatic carboxylic acids is 1. The number of hydrogen-bond donors (Lipinski definition) is 2. The number of aryl methyl sites for hydroxylation is 2. The van der Waals surface area contributed by atoms with E-state index in [0.29, 0.717) is 24.6 Å². The molecule has 2 aromatic rings. The molecule has 2 N–H and O–H groups in total. The number of aliphatic hydroxyl groups excluding tert-OH is 1. The Bertz CT molecular complexity index is 888. The van der Waals surface area contributed by atoms with Crippen LogP contribution in [0.4, 0.5) is 4.39 Å². The van der Waals surface area contributed by atoms with E-state index in [1.807, 2.05) is 43.3 Å². The fraction of sp³-hybridized carbons (Fsp3) is 0.480. The van der Waals surface area contributed by atoms with Crippen molar-refractivity contribution in [1.29, 1.82) is 0 Å². The van der Waals surface area contributed by atoms with Crippen LogP contribution in [-0.4, -0.2) is 52.9 Å². The maximum Gasteiger partial charge on any atom is 0.303 e. The van der Waals surface area contributed by atoms with Crippen LogP contribution in [0.15, 0.2) is 42.5 Å². The summed E-state index contributed by atoms with van der Waals surface area (Å²) >= 11 is 0. The Kier molecular flexibility index (Phi) is 8.18. The van der Waals surface area contributed by atoms with Crippen LogP contribution in [-0.2, 0) is 22.4 Å². The summed E-state index contributed by atoms with van der Waals surface area (Å²) in [5.41, 5.74) is 3.55. The minimum Gasteiger partial charge on any atom is -0.481 e. The first kappa shape index (κ1) is 23.4. The summed E-state index contributed by atoms with van der Waals surface area (Å²) in [6, 6.07) is 13.4. The van der Waals surface area contributed by atoms with Gasteiger partial charge in [-0.1, -0.05) is 36.4 Å². The first-order chi connectivity index (χ1) is 14.8. The van der Waals surface area contributed by atoms with Gasteiger partial charge in [-0.05, 0) is 61.4 Å². The number of hydrogen-bond acceptors (Lipinski definition) is 4. The molecule has 1 saturated heterocycles. The molecule has 0 aromatic heterocycles. The molecule has 0 aliphatic carbocycles. The highest BCUT2D eigenvalue weighted by Gasteiger charge is 2.29. The molecule has 1 fully saturated rings. The number of halogens is 1. The second-order valence-corrected chi connectivity index (χ2v) is 8.45. The van der Waals surface area contributed by atoms with Gasteiger partial charge in [-0.25, -0.2) is 4.39 Å². The van der Waals surface area contributed by atoms with E-state index in [1.54, 1.807) is 13.0 Å². The largest absolute Gasteiger partial charge is 0.481 e. The van der Waals surface area contributed by atoms with E-state index in [-0.39, 0.29) is 24.9 Å². The summed E-state index contributed by atoms with van der Waals surface area (Å²) in [7, 11) is 0. The molecule has 31 heavy (non-hydrogen) atoms. The molecule has 3 atom stereocenters. The van der Waals surface area contributed by atoms with E-state index in [0.717, 1.165) is 36.1 Å². The molecule has 0 unspecified atom stereocenters. The summed E-state index contributed by atoms with van der Waals surface area (Å²) in [6.07, 6.45) is 1.49. The number of ether oxygens (including phenoxy) is 1. The molecule has 0 amide bonds. The topological polar surface area (TPSA) is 70.0 Å². The van der Waals surface area contributed by atoms with Crippen molar-refractivity contribution < 1.29 is 24.1 Å². The molecule has 0 radical (unpaired) electrons. The van der Waals surface area contributed by atoms with Crippen LogP contribution < -0.4 is 0 Å². The molecule has 1 heterocycles. The molecular formula is C25H32FNO4. The fourth-order valence-corrected chi connectivity index (χ4v) is 4.07. The molecule has 168 valence electrons. The summed E-state index contributed by atoms with van der Waals surface area (Å²) in [5.74, 6) is -0.995. The van der Waals surface area contributed by atoms with Gasteiger partial charge in [0.1, 0.15) is 5.82 Å². The van der Waals surface area contributed by atoms with Crippen LogP contribution in [0.2, 0.25) is 0 Å².